The molecule has 1 aliphatic rings. The Morgan fingerprint density at radius 1 is 1.62 bits per heavy atom. The van der Waals surface area contributed by atoms with Crippen molar-refractivity contribution >= 4 is 28.9 Å². The molecule has 1 aromatic rings. The molecule has 0 amide bonds. The maximum atomic E-state index is 11.4. The summed E-state index contributed by atoms with van der Waals surface area (Å²) >= 11 is 7.02. The smallest absolute Gasteiger partial charge is 0.348 e. The Hall–Kier alpha value is -0.540. The third kappa shape index (κ3) is 2.03. The van der Waals surface area contributed by atoms with Crippen molar-refractivity contribution in [2.75, 3.05) is 0 Å². The summed E-state index contributed by atoms with van der Waals surface area (Å²) in [6.07, 6.45) is 3.33. The zero-order valence-corrected chi connectivity index (χ0v) is 8.53. The standard InChI is InChI=1S/C9H9ClO2S/c10-6-4-8(13-5-6)9(11)12-7-2-1-3-7/h4-5,7H,1-3H2. The number of carbonyl (C=O) groups is 1. The Morgan fingerprint density at radius 3 is 2.85 bits per heavy atom. The quantitative estimate of drug-likeness (QED) is 0.711. The number of thiophene rings is 1. The molecular formula is C9H9ClO2S. The fourth-order valence-corrected chi connectivity index (χ4v) is 2.07. The van der Waals surface area contributed by atoms with Gasteiger partial charge in [0.05, 0.1) is 5.02 Å². The van der Waals surface area contributed by atoms with Crippen LogP contribution >= 0.6 is 22.9 Å². The minimum absolute atomic E-state index is 0.147. The van der Waals surface area contributed by atoms with Crippen LogP contribution < -0.4 is 0 Å². The van der Waals surface area contributed by atoms with Gasteiger partial charge in [0.25, 0.3) is 0 Å². The summed E-state index contributed by atoms with van der Waals surface area (Å²) in [7, 11) is 0. The van der Waals surface area contributed by atoms with Crippen LogP contribution in [0.15, 0.2) is 11.4 Å². The van der Waals surface area contributed by atoms with Crippen molar-refractivity contribution in [3.63, 3.8) is 0 Å². The van der Waals surface area contributed by atoms with Gasteiger partial charge < -0.3 is 4.74 Å². The van der Waals surface area contributed by atoms with Crippen molar-refractivity contribution in [3.05, 3.63) is 21.3 Å². The number of halogens is 1. The van der Waals surface area contributed by atoms with Gasteiger partial charge in [-0.05, 0) is 25.3 Å². The van der Waals surface area contributed by atoms with Gasteiger partial charge in [-0.3, -0.25) is 0 Å². The molecule has 0 bridgehead atoms. The SMILES string of the molecule is O=C(OC1CCC1)c1cc(Cl)cs1. The Kier molecular flexibility index (Phi) is 2.56. The van der Waals surface area contributed by atoms with Crippen molar-refractivity contribution < 1.29 is 9.53 Å². The van der Waals surface area contributed by atoms with Crippen LogP contribution in [0.1, 0.15) is 28.9 Å². The van der Waals surface area contributed by atoms with Gasteiger partial charge in [-0.25, -0.2) is 4.79 Å². The highest BCUT2D eigenvalue weighted by atomic mass is 35.5. The average molecular weight is 217 g/mol. The lowest BCUT2D eigenvalue weighted by Crippen LogP contribution is -2.24. The van der Waals surface area contributed by atoms with Crippen molar-refractivity contribution in [3.8, 4) is 0 Å². The second-order valence-electron chi connectivity index (χ2n) is 3.09. The van der Waals surface area contributed by atoms with E-state index < -0.39 is 0 Å². The van der Waals surface area contributed by atoms with E-state index in [9.17, 15) is 4.79 Å². The maximum Gasteiger partial charge on any atom is 0.348 e. The lowest BCUT2D eigenvalue weighted by Gasteiger charge is -2.24. The highest BCUT2D eigenvalue weighted by Gasteiger charge is 2.22. The summed E-state index contributed by atoms with van der Waals surface area (Å²) in [5.74, 6) is -0.235. The van der Waals surface area contributed by atoms with Crippen molar-refractivity contribution in [1.29, 1.82) is 0 Å². The van der Waals surface area contributed by atoms with E-state index in [1.165, 1.54) is 17.8 Å². The van der Waals surface area contributed by atoms with Gasteiger partial charge in [-0.15, -0.1) is 11.3 Å². The third-order valence-electron chi connectivity index (χ3n) is 2.09. The number of esters is 1. The number of hydrogen-bond acceptors (Lipinski definition) is 3. The van der Waals surface area contributed by atoms with Crippen LogP contribution in [0.5, 0.6) is 0 Å². The van der Waals surface area contributed by atoms with Gasteiger partial charge in [-0.1, -0.05) is 11.6 Å². The molecule has 4 heteroatoms. The van der Waals surface area contributed by atoms with Crippen LogP contribution in [-0.4, -0.2) is 12.1 Å². The maximum absolute atomic E-state index is 11.4. The molecule has 0 saturated heterocycles. The Bertz CT molecular complexity index is 317. The van der Waals surface area contributed by atoms with E-state index in [2.05, 4.69) is 0 Å². The van der Waals surface area contributed by atoms with E-state index in [-0.39, 0.29) is 12.1 Å². The molecule has 0 aliphatic heterocycles. The Balaban J connectivity index is 1.96. The molecule has 1 fully saturated rings. The summed E-state index contributed by atoms with van der Waals surface area (Å²) in [5.41, 5.74) is 0. The number of carbonyl (C=O) groups excluding carboxylic acids is 1. The Labute approximate surface area is 85.5 Å². The molecule has 2 rings (SSSR count). The molecule has 0 atom stereocenters. The largest absolute Gasteiger partial charge is 0.458 e. The van der Waals surface area contributed by atoms with E-state index in [0.717, 1.165) is 12.8 Å². The molecule has 0 unspecified atom stereocenters. The van der Waals surface area contributed by atoms with Gasteiger partial charge in [0.2, 0.25) is 0 Å². The monoisotopic (exact) mass is 216 g/mol. The van der Waals surface area contributed by atoms with E-state index in [1.54, 1.807) is 11.4 Å². The molecular weight excluding hydrogens is 208 g/mol. The first-order chi connectivity index (χ1) is 6.25. The fraction of sp³-hybridized carbons (Fsp3) is 0.444. The Morgan fingerprint density at radius 2 is 2.38 bits per heavy atom. The number of rotatable bonds is 2. The third-order valence-corrected chi connectivity index (χ3v) is 3.35. The summed E-state index contributed by atoms with van der Waals surface area (Å²) in [6, 6.07) is 1.65. The molecule has 1 aromatic heterocycles. The molecule has 1 aliphatic carbocycles. The van der Waals surface area contributed by atoms with Gasteiger partial charge in [0.1, 0.15) is 11.0 Å². The fourth-order valence-electron chi connectivity index (χ4n) is 1.12. The van der Waals surface area contributed by atoms with Gasteiger partial charge in [0.15, 0.2) is 0 Å². The summed E-state index contributed by atoms with van der Waals surface area (Å²) < 4.78 is 5.20. The van der Waals surface area contributed by atoms with Crippen LogP contribution in [0.25, 0.3) is 0 Å². The van der Waals surface area contributed by atoms with Crippen LogP contribution in [0, 0.1) is 0 Å². The van der Waals surface area contributed by atoms with Crippen molar-refractivity contribution in [2.24, 2.45) is 0 Å². The van der Waals surface area contributed by atoms with Crippen LogP contribution in [-0.2, 0) is 4.74 Å². The van der Waals surface area contributed by atoms with Crippen LogP contribution in [0.3, 0.4) is 0 Å². The summed E-state index contributed by atoms with van der Waals surface area (Å²) in [5, 5.41) is 2.34. The normalized spacial score (nSPS) is 16.7. The predicted octanol–water partition coefficient (Wildman–Crippen LogP) is 3.11. The summed E-state index contributed by atoms with van der Waals surface area (Å²) in [6.45, 7) is 0. The minimum atomic E-state index is -0.235. The number of hydrogen-bond donors (Lipinski definition) is 0. The molecule has 0 aromatic carbocycles. The minimum Gasteiger partial charge on any atom is -0.458 e. The molecule has 2 nitrogen and oxygen atoms in total. The molecule has 0 spiro atoms. The predicted molar refractivity (Wildman–Crippen MR) is 52.4 cm³/mol. The highest BCUT2D eigenvalue weighted by Crippen LogP contribution is 2.25. The van der Waals surface area contributed by atoms with E-state index in [1.807, 2.05) is 0 Å². The van der Waals surface area contributed by atoms with Gasteiger partial charge in [-0.2, -0.15) is 0 Å². The van der Waals surface area contributed by atoms with Crippen LogP contribution in [0.2, 0.25) is 5.02 Å². The first-order valence-electron chi connectivity index (χ1n) is 4.21. The van der Waals surface area contributed by atoms with E-state index in [4.69, 9.17) is 16.3 Å². The number of ether oxygens (including phenoxy) is 1. The van der Waals surface area contributed by atoms with E-state index >= 15 is 0 Å². The highest BCUT2D eigenvalue weighted by molar-refractivity contribution is 7.12. The second kappa shape index (κ2) is 3.68. The van der Waals surface area contributed by atoms with Crippen molar-refractivity contribution in [1.82, 2.24) is 0 Å². The lowest BCUT2D eigenvalue weighted by molar-refractivity contribution is 0.00955. The van der Waals surface area contributed by atoms with Gasteiger partial charge in [0, 0.05) is 5.38 Å². The second-order valence-corrected chi connectivity index (χ2v) is 4.44. The molecule has 1 saturated carbocycles. The van der Waals surface area contributed by atoms with E-state index in [0.29, 0.717) is 9.90 Å². The lowest BCUT2D eigenvalue weighted by atomic mass is 9.96. The van der Waals surface area contributed by atoms with Crippen LogP contribution in [0.4, 0.5) is 0 Å². The first-order valence-corrected chi connectivity index (χ1v) is 5.46. The first kappa shape index (κ1) is 9.03. The zero-order valence-electron chi connectivity index (χ0n) is 6.96. The average Bonchev–Trinajstić information content (AvgIpc) is 2.44. The van der Waals surface area contributed by atoms with Crippen molar-refractivity contribution in [2.45, 2.75) is 25.4 Å². The zero-order chi connectivity index (χ0) is 9.26. The summed E-state index contributed by atoms with van der Waals surface area (Å²) in [4.78, 5) is 12.0. The molecule has 0 radical (unpaired) electrons. The topological polar surface area (TPSA) is 26.3 Å². The molecule has 70 valence electrons. The van der Waals surface area contributed by atoms with Gasteiger partial charge >= 0.3 is 5.97 Å². The molecule has 13 heavy (non-hydrogen) atoms. The molecule has 1 heterocycles. The molecule has 0 N–H and O–H groups in total.